The van der Waals surface area contributed by atoms with Gasteiger partial charge in [-0.2, -0.15) is 0 Å². The van der Waals surface area contributed by atoms with E-state index in [0.717, 1.165) is 0 Å². The molecule has 2 atom stereocenters. The Morgan fingerprint density at radius 1 is 0.941 bits per heavy atom. The number of rotatable bonds is 2. The first-order chi connectivity index (χ1) is 8.21. The molecule has 0 radical (unpaired) electrons. The van der Waals surface area contributed by atoms with Crippen molar-refractivity contribution in [3.05, 3.63) is 0 Å². The van der Waals surface area contributed by atoms with Crippen LogP contribution in [0.4, 0.5) is 0 Å². The molecular formula is C13H18O4. The molecule has 1 rings (SSSR count). The second-order valence-corrected chi connectivity index (χ2v) is 3.65. The van der Waals surface area contributed by atoms with E-state index in [4.69, 9.17) is 19.7 Å². The Hall–Kier alpha value is -1.04. The molecule has 4 heteroatoms. The lowest BCUT2D eigenvalue weighted by Crippen LogP contribution is -2.29. The normalized spacial score (nSPS) is 25.6. The number of hydrogen-bond donors (Lipinski definition) is 2. The third-order valence-corrected chi connectivity index (χ3v) is 2.68. The Labute approximate surface area is 102 Å². The number of aliphatic hydroxyl groups is 2. The molecule has 2 N–H and O–H groups in total. The lowest BCUT2D eigenvalue weighted by Gasteiger charge is -2.24. The van der Waals surface area contributed by atoms with Crippen LogP contribution in [0.15, 0.2) is 0 Å². The lowest BCUT2D eigenvalue weighted by molar-refractivity contribution is -0.171. The van der Waals surface area contributed by atoms with Crippen LogP contribution in [0.1, 0.15) is 26.7 Å². The van der Waals surface area contributed by atoms with Gasteiger partial charge in [0.2, 0.25) is 0 Å². The predicted octanol–water partition coefficient (Wildman–Crippen LogP) is 0.278. The van der Waals surface area contributed by atoms with Crippen molar-refractivity contribution in [1.29, 1.82) is 0 Å². The van der Waals surface area contributed by atoms with Crippen molar-refractivity contribution < 1.29 is 19.7 Å². The molecular weight excluding hydrogens is 220 g/mol. The third kappa shape index (κ3) is 3.46. The van der Waals surface area contributed by atoms with Crippen molar-refractivity contribution in [2.24, 2.45) is 0 Å². The minimum atomic E-state index is -0.649. The SMILES string of the molecule is CCC1(CC)O[C@@H](C#CCO)[C@H](C#CCO)O1. The fraction of sp³-hybridized carbons (Fsp3) is 0.692. The molecule has 1 aliphatic heterocycles. The van der Waals surface area contributed by atoms with E-state index in [1.54, 1.807) is 0 Å². The summed E-state index contributed by atoms with van der Waals surface area (Å²) in [6, 6.07) is 0. The fourth-order valence-corrected chi connectivity index (χ4v) is 1.70. The zero-order valence-electron chi connectivity index (χ0n) is 10.2. The van der Waals surface area contributed by atoms with Crippen LogP contribution in [-0.4, -0.2) is 41.4 Å². The zero-order chi connectivity index (χ0) is 12.7. The highest BCUT2D eigenvalue weighted by molar-refractivity contribution is 5.19. The van der Waals surface area contributed by atoms with Gasteiger partial charge in [-0.15, -0.1) is 0 Å². The van der Waals surface area contributed by atoms with Crippen molar-refractivity contribution >= 4 is 0 Å². The van der Waals surface area contributed by atoms with E-state index in [1.165, 1.54) is 0 Å². The van der Waals surface area contributed by atoms with E-state index in [2.05, 4.69) is 23.7 Å². The maximum atomic E-state index is 8.69. The molecule has 0 unspecified atom stereocenters. The highest BCUT2D eigenvalue weighted by Gasteiger charge is 2.44. The molecule has 1 heterocycles. The predicted molar refractivity (Wildman–Crippen MR) is 62.8 cm³/mol. The smallest absolute Gasteiger partial charge is 0.171 e. The minimum Gasteiger partial charge on any atom is -0.384 e. The highest BCUT2D eigenvalue weighted by atomic mass is 16.8. The maximum Gasteiger partial charge on any atom is 0.171 e. The summed E-state index contributed by atoms with van der Waals surface area (Å²) in [6.07, 6.45) is 0.471. The van der Waals surface area contributed by atoms with E-state index < -0.39 is 18.0 Å². The Kier molecular flexibility index (Phi) is 5.47. The Balaban J connectivity index is 2.85. The average Bonchev–Trinajstić information content (AvgIpc) is 2.73. The standard InChI is InChI=1S/C13H18O4/c1-3-13(4-2)16-11(7-5-9-14)12(17-13)8-6-10-15/h11-12,14-15H,3-4,9-10H2,1-2H3/t11-,12-/m0/s1. The average molecular weight is 238 g/mol. The van der Waals surface area contributed by atoms with Gasteiger partial charge in [0, 0.05) is 0 Å². The summed E-state index contributed by atoms with van der Waals surface area (Å²) in [5.74, 6) is 10.0. The van der Waals surface area contributed by atoms with Crippen LogP contribution in [-0.2, 0) is 9.47 Å². The molecule has 0 spiro atoms. The molecule has 0 aromatic carbocycles. The summed E-state index contributed by atoms with van der Waals surface area (Å²) in [5.41, 5.74) is 0. The quantitative estimate of drug-likeness (QED) is 0.678. The lowest BCUT2D eigenvalue weighted by atomic mass is 10.1. The number of aliphatic hydroxyl groups excluding tert-OH is 2. The van der Waals surface area contributed by atoms with Crippen molar-refractivity contribution in [2.75, 3.05) is 13.2 Å². The first-order valence-electron chi connectivity index (χ1n) is 5.75. The van der Waals surface area contributed by atoms with Gasteiger partial charge in [-0.25, -0.2) is 0 Å². The molecule has 1 saturated heterocycles. The minimum absolute atomic E-state index is 0.217. The Morgan fingerprint density at radius 2 is 1.35 bits per heavy atom. The van der Waals surface area contributed by atoms with E-state index >= 15 is 0 Å². The van der Waals surface area contributed by atoms with Gasteiger partial charge in [-0.3, -0.25) is 0 Å². The fourth-order valence-electron chi connectivity index (χ4n) is 1.70. The molecule has 94 valence electrons. The van der Waals surface area contributed by atoms with Gasteiger partial charge < -0.3 is 19.7 Å². The van der Waals surface area contributed by atoms with E-state index in [-0.39, 0.29) is 13.2 Å². The first-order valence-corrected chi connectivity index (χ1v) is 5.75. The molecule has 0 bridgehead atoms. The highest BCUT2D eigenvalue weighted by Crippen LogP contribution is 2.33. The Bertz CT molecular complexity index is 319. The summed E-state index contributed by atoms with van der Waals surface area (Å²) >= 11 is 0. The van der Waals surface area contributed by atoms with E-state index in [0.29, 0.717) is 12.8 Å². The van der Waals surface area contributed by atoms with Crippen molar-refractivity contribution in [3.63, 3.8) is 0 Å². The first kappa shape index (κ1) is 14.0. The molecule has 0 aliphatic carbocycles. The van der Waals surface area contributed by atoms with Crippen LogP contribution in [0.3, 0.4) is 0 Å². The topological polar surface area (TPSA) is 58.9 Å². The summed E-state index contributed by atoms with van der Waals surface area (Å²) in [5, 5.41) is 17.4. The molecule has 0 aromatic heterocycles. The summed E-state index contributed by atoms with van der Waals surface area (Å²) in [4.78, 5) is 0. The van der Waals surface area contributed by atoms with Gasteiger partial charge in [0.1, 0.15) is 13.2 Å². The van der Waals surface area contributed by atoms with Crippen LogP contribution in [0.2, 0.25) is 0 Å². The molecule has 0 aromatic rings. The molecule has 0 amide bonds. The van der Waals surface area contributed by atoms with Gasteiger partial charge in [0.25, 0.3) is 0 Å². The molecule has 4 nitrogen and oxygen atoms in total. The molecule has 17 heavy (non-hydrogen) atoms. The summed E-state index contributed by atoms with van der Waals surface area (Å²) < 4.78 is 11.5. The van der Waals surface area contributed by atoms with Crippen molar-refractivity contribution in [3.8, 4) is 23.7 Å². The van der Waals surface area contributed by atoms with Crippen molar-refractivity contribution in [1.82, 2.24) is 0 Å². The van der Waals surface area contributed by atoms with Crippen LogP contribution in [0.25, 0.3) is 0 Å². The van der Waals surface area contributed by atoms with Gasteiger partial charge in [0.15, 0.2) is 18.0 Å². The van der Waals surface area contributed by atoms with Crippen LogP contribution < -0.4 is 0 Å². The van der Waals surface area contributed by atoms with Crippen LogP contribution >= 0.6 is 0 Å². The maximum absolute atomic E-state index is 8.69. The third-order valence-electron chi connectivity index (χ3n) is 2.68. The summed E-state index contributed by atoms with van der Waals surface area (Å²) in [7, 11) is 0. The molecule has 1 aliphatic rings. The van der Waals surface area contributed by atoms with Gasteiger partial charge >= 0.3 is 0 Å². The number of hydrogen-bond acceptors (Lipinski definition) is 4. The molecule has 1 fully saturated rings. The summed E-state index contributed by atoms with van der Waals surface area (Å²) in [6.45, 7) is 3.51. The van der Waals surface area contributed by atoms with Gasteiger partial charge in [-0.1, -0.05) is 37.5 Å². The zero-order valence-corrected chi connectivity index (χ0v) is 10.2. The number of ether oxygens (including phenoxy) is 2. The monoisotopic (exact) mass is 238 g/mol. The second-order valence-electron chi connectivity index (χ2n) is 3.65. The van der Waals surface area contributed by atoms with E-state index in [9.17, 15) is 0 Å². The molecule has 0 saturated carbocycles. The second kappa shape index (κ2) is 6.64. The van der Waals surface area contributed by atoms with Gasteiger partial charge in [-0.05, 0) is 12.8 Å². The van der Waals surface area contributed by atoms with Crippen LogP contribution in [0.5, 0.6) is 0 Å². The van der Waals surface area contributed by atoms with Crippen LogP contribution in [0, 0.1) is 23.7 Å². The van der Waals surface area contributed by atoms with E-state index in [1.807, 2.05) is 13.8 Å². The Morgan fingerprint density at radius 3 is 1.65 bits per heavy atom. The van der Waals surface area contributed by atoms with Crippen molar-refractivity contribution in [2.45, 2.75) is 44.7 Å². The largest absolute Gasteiger partial charge is 0.384 e. The van der Waals surface area contributed by atoms with Gasteiger partial charge in [0.05, 0.1) is 0 Å².